The number of carbonyl (C=O) groups excluding carboxylic acids is 1. The first-order valence-electron chi connectivity index (χ1n) is 6.74. The molecule has 1 N–H and O–H groups in total. The van der Waals surface area contributed by atoms with Gasteiger partial charge in [-0.1, -0.05) is 12.1 Å². The van der Waals surface area contributed by atoms with Crippen molar-refractivity contribution in [3.63, 3.8) is 0 Å². The maximum atomic E-state index is 12.2. The molecule has 0 saturated carbocycles. The zero-order chi connectivity index (χ0) is 14.3. The summed E-state index contributed by atoms with van der Waals surface area (Å²) in [5.41, 5.74) is 0.951. The zero-order valence-corrected chi connectivity index (χ0v) is 12.4. The molecule has 1 aromatic carbocycles. The molecule has 0 aromatic heterocycles. The van der Waals surface area contributed by atoms with E-state index in [0.717, 1.165) is 18.4 Å². The minimum Gasteiger partial charge on any atom is -0.508 e. The van der Waals surface area contributed by atoms with Crippen molar-refractivity contribution >= 4 is 17.5 Å². The number of phenols is 1. The van der Waals surface area contributed by atoms with E-state index in [1.165, 1.54) is 0 Å². The first-order valence-corrected chi connectivity index (χ1v) is 7.28. The van der Waals surface area contributed by atoms with E-state index in [9.17, 15) is 9.90 Å². The van der Waals surface area contributed by atoms with Crippen molar-refractivity contribution in [3.8, 4) is 5.75 Å². The lowest BCUT2D eigenvalue weighted by molar-refractivity contribution is -0.133. The normalized spacial score (nSPS) is 12.2. The number of carbonyl (C=O) groups is 1. The number of unbranched alkanes of at least 4 members (excludes halogenated alkanes) is 1. The Bertz CT molecular complexity index is 409. The topological polar surface area (TPSA) is 40.5 Å². The Labute approximate surface area is 120 Å². The van der Waals surface area contributed by atoms with E-state index in [0.29, 0.717) is 18.8 Å². The summed E-state index contributed by atoms with van der Waals surface area (Å²) in [4.78, 5) is 14.0. The molecule has 4 heteroatoms. The van der Waals surface area contributed by atoms with E-state index in [1.807, 2.05) is 24.8 Å². The van der Waals surface area contributed by atoms with Crippen molar-refractivity contribution in [2.45, 2.75) is 39.2 Å². The third-order valence-corrected chi connectivity index (χ3v) is 3.52. The molecule has 3 nitrogen and oxygen atoms in total. The highest BCUT2D eigenvalue weighted by atomic mass is 35.5. The second-order valence-corrected chi connectivity index (χ2v) is 4.97. The number of alkyl halides is 1. The fourth-order valence-electron chi connectivity index (χ4n) is 2.15. The predicted octanol–water partition coefficient (Wildman–Crippen LogP) is 3.71. The van der Waals surface area contributed by atoms with Crippen LogP contribution in [0.2, 0.25) is 0 Å². The molecule has 1 unspecified atom stereocenters. The molecule has 0 heterocycles. The second kappa shape index (κ2) is 8.05. The standard InChI is InChI=1S/C15H22ClNO2/c1-3-17(15(19)9-4-5-10-16)12(2)13-7-6-8-14(18)11-13/h6-8,11-12,18H,3-5,9-10H2,1-2H3. The number of hydrogen-bond donors (Lipinski definition) is 1. The van der Waals surface area contributed by atoms with E-state index < -0.39 is 0 Å². The van der Waals surface area contributed by atoms with Crippen LogP contribution in [-0.2, 0) is 4.79 Å². The number of hydrogen-bond acceptors (Lipinski definition) is 2. The summed E-state index contributed by atoms with van der Waals surface area (Å²) in [6.45, 7) is 4.62. The molecule has 0 spiro atoms. The van der Waals surface area contributed by atoms with Crippen LogP contribution in [0.15, 0.2) is 24.3 Å². The Morgan fingerprint density at radius 3 is 2.74 bits per heavy atom. The van der Waals surface area contributed by atoms with Crippen LogP contribution in [-0.4, -0.2) is 28.3 Å². The quantitative estimate of drug-likeness (QED) is 0.612. The van der Waals surface area contributed by atoms with Crippen LogP contribution in [0.3, 0.4) is 0 Å². The molecule has 1 amide bonds. The summed E-state index contributed by atoms with van der Waals surface area (Å²) in [6, 6.07) is 7.04. The van der Waals surface area contributed by atoms with Crippen molar-refractivity contribution in [3.05, 3.63) is 29.8 Å². The van der Waals surface area contributed by atoms with Gasteiger partial charge in [0.1, 0.15) is 5.75 Å². The van der Waals surface area contributed by atoms with Crippen LogP contribution < -0.4 is 0 Å². The number of benzene rings is 1. The minimum atomic E-state index is -0.0272. The van der Waals surface area contributed by atoms with E-state index in [-0.39, 0.29) is 17.7 Å². The number of phenolic OH excluding ortho intramolecular Hbond substituents is 1. The number of nitrogens with zero attached hydrogens (tertiary/aromatic N) is 1. The van der Waals surface area contributed by atoms with Gasteiger partial charge in [0.15, 0.2) is 0 Å². The molecule has 1 rings (SSSR count). The summed E-state index contributed by atoms with van der Waals surface area (Å²) >= 11 is 5.62. The van der Waals surface area contributed by atoms with Gasteiger partial charge in [-0.2, -0.15) is 0 Å². The van der Waals surface area contributed by atoms with Gasteiger partial charge in [-0.3, -0.25) is 4.79 Å². The molecule has 0 aliphatic heterocycles. The molecule has 19 heavy (non-hydrogen) atoms. The first kappa shape index (κ1) is 15.8. The average molecular weight is 284 g/mol. The summed E-state index contributed by atoms with van der Waals surface area (Å²) in [5, 5.41) is 9.51. The summed E-state index contributed by atoms with van der Waals surface area (Å²) in [6.07, 6.45) is 2.22. The Kier molecular flexibility index (Phi) is 6.71. The average Bonchev–Trinajstić information content (AvgIpc) is 2.39. The molecular formula is C15H22ClNO2. The lowest BCUT2D eigenvalue weighted by atomic mass is 10.1. The Morgan fingerprint density at radius 1 is 1.42 bits per heavy atom. The van der Waals surface area contributed by atoms with Crippen LogP contribution >= 0.6 is 11.6 Å². The van der Waals surface area contributed by atoms with Gasteiger partial charge >= 0.3 is 0 Å². The van der Waals surface area contributed by atoms with Gasteiger partial charge in [0.25, 0.3) is 0 Å². The van der Waals surface area contributed by atoms with E-state index in [1.54, 1.807) is 18.2 Å². The highest BCUT2D eigenvalue weighted by Crippen LogP contribution is 2.24. The molecule has 1 aromatic rings. The van der Waals surface area contributed by atoms with Crippen LogP contribution in [0.1, 0.15) is 44.7 Å². The molecular weight excluding hydrogens is 262 g/mol. The van der Waals surface area contributed by atoms with Crippen molar-refractivity contribution in [1.29, 1.82) is 0 Å². The van der Waals surface area contributed by atoms with Gasteiger partial charge in [-0.05, 0) is 44.4 Å². The van der Waals surface area contributed by atoms with Gasteiger partial charge in [-0.15, -0.1) is 11.6 Å². The van der Waals surface area contributed by atoms with Crippen LogP contribution in [0.4, 0.5) is 0 Å². The first-order chi connectivity index (χ1) is 9.10. The molecule has 106 valence electrons. The van der Waals surface area contributed by atoms with Gasteiger partial charge in [-0.25, -0.2) is 0 Å². The van der Waals surface area contributed by atoms with E-state index >= 15 is 0 Å². The number of rotatable bonds is 7. The summed E-state index contributed by atoms with van der Waals surface area (Å²) in [7, 11) is 0. The molecule has 1 atom stereocenters. The van der Waals surface area contributed by atoms with Crippen molar-refractivity contribution in [2.75, 3.05) is 12.4 Å². The van der Waals surface area contributed by atoms with Gasteiger partial charge in [0, 0.05) is 18.8 Å². The van der Waals surface area contributed by atoms with Crippen molar-refractivity contribution in [1.82, 2.24) is 4.90 Å². The van der Waals surface area contributed by atoms with Crippen LogP contribution in [0.25, 0.3) is 0 Å². The van der Waals surface area contributed by atoms with Crippen LogP contribution in [0.5, 0.6) is 5.75 Å². The smallest absolute Gasteiger partial charge is 0.223 e. The van der Waals surface area contributed by atoms with E-state index in [2.05, 4.69) is 0 Å². The Morgan fingerprint density at radius 2 is 2.16 bits per heavy atom. The molecule has 0 aliphatic carbocycles. The van der Waals surface area contributed by atoms with E-state index in [4.69, 9.17) is 11.6 Å². The SMILES string of the molecule is CCN(C(=O)CCCCCl)C(C)c1cccc(O)c1. The van der Waals surface area contributed by atoms with Gasteiger partial charge in [0.2, 0.25) is 5.91 Å². The number of halogens is 1. The zero-order valence-electron chi connectivity index (χ0n) is 11.6. The Hall–Kier alpha value is -1.22. The third-order valence-electron chi connectivity index (χ3n) is 3.26. The van der Waals surface area contributed by atoms with Crippen molar-refractivity contribution in [2.24, 2.45) is 0 Å². The second-order valence-electron chi connectivity index (χ2n) is 4.60. The molecule has 0 radical (unpaired) electrons. The van der Waals surface area contributed by atoms with Crippen molar-refractivity contribution < 1.29 is 9.90 Å². The summed E-state index contributed by atoms with van der Waals surface area (Å²) in [5.74, 6) is 0.972. The maximum absolute atomic E-state index is 12.2. The lowest BCUT2D eigenvalue weighted by Crippen LogP contribution is -2.33. The van der Waals surface area contributed by atoms with Gasteiger partial charge in [0.05, 0.1) is 6.04 Å². The third kappa shape index (κ3) is 4.75. The highest BCUT2D eigenvalue weighted by molar-refractivity contribution is 6.17. The molecule has 0 aliphatic rings. The summed E-state index contributed by atoms with van der Waals surface area (Å²) < 4.78 is 0. The molecule has 0 bridgehead atoms. The fourth-order valence-corrected chi connectivity index (χ4v) is 2.33. The largest absolute Gasteiger partial charge is 0.508 e. The van der Waals surface area contributed by atoms with Gasteiger partial charge < -0.3 is 10.0 Å². The minimum absolute atomic E-state index is 0.0272. The lowest BCUT2D eigenvalue weighted by Gasteiger charge is -2.28. The Balaban J connectivity index is 2.70. The molecule has 0 fully saturated rings. The highest BCUT2D eigenvalue weighted by Gasteiger charge is 2.19. The number of amides is 1. The maximum Gasteiger partial charge on any atom is 0.223 e. The monoisotopic (exact) mass is 283 g/mol. The van der Waals surface area contributed by atoms with Crippen LogP contribution in [0, 0.1) is 0 Å². The fraction of sp³-hybridized carbons (Fsp3) is 0.533. The predicted molar refractivity (Wildman–Crippen MR) is 78.5 cm³/mol. The number of aromatic hydroxyl groups is 1. The molecule has 0 saturated heterocycles.